The number of benzene rings is 1. The molecule has 126 valence electrons. The third-order valence-corrected chi connectivity index (χ3v) is 3.50. The number of hydrogen-bond acceptors (Lipinski definition) is 4. The molecule has 1 aromatic heterocycles. The van der Waals surface area contributed by atoms with Crippen molar-refractivity contribution in [2.75, 3.05) is 0 Å². The largest absolute Gasteiger partial charge is 0.253 e. The van der Waals surface area contributed by atoms with E-state index < -0.39 is 0 Å². The van der Waals surface area contributed by atoms with Gasteiger partial charge in [-0.25, -0.2) is 15.0 Å². The van der Waals surface area contributed by atoms with Gasteiger partial charge in [-0.05, 0) is 28.0 Å². The summed E-state index contributed by atoms with van der Waals surface area (Å²) in [7, 11) is 0. The van der Waals surface area contributed by atoms with Gasteiger partial charge in [0.25, 0.3) is 0 Å². The molecule has 0 bridgehead atoms. The number of nitrogens with zero attached hydrogens (tertiary/aromatic N) is 4. The van der Waals surface area contributed by atoms with Gasteiger partial charge in [-0.1, -0.05) is 53.7 Å². The second-order valence-corrected chi connectivity index (χ2v) is 7.49. The molecule has 0 aliphatic carbocycles. The Morgan fingerprint density at radius 3 is 2.04 bits per heavy atom. The van der Waals surface area contributed by atoms with Crippen molar-refractivity contribution in [1.29, 1.82) is 0 Å². The van der Waals surface area contributed by atoms with Crippen LogP contribution >= 0.6 is 0 Å². The molecule has 0 aliphatic rings. The summed E-state index contributed by atoms with van der Waals surface area (Å²) in [5, 5.41) is 0. The van der Waals surface area contributed by atoms with Crippen molar-refractivity contribution in [3.8, 4) is 0 Å². The average Bonchev–Trinajstić information content (AvgIpc) is 2.44. The van der Waals surface area contributed by atoms with E-state index in [-0.39, 0.29) is 27.3 Å². The molecule has 2 aromatic rings. The van der Waals surface area contributed by atoms with Crippen LogP contribution in [0, 0.1) is 0 Å². The molecule has 5 heteroatoms. The summed E-state index contributed by atoms with van der Waals surface area (Å²) < 4.78 is 0. The molecular formula is C18H24N4Ni. The van der Waals surface area contributed by atoms with E-state index in [2.05, 4.69) is 79.7 Å². The van der Waals surface area contributed by atoms with Crippen LogP contribution < -0.4 is 0 Å². The fourth-order valence-corrected chi connectivity index (χ4v) is 2.18. The van der Waals surface area contributed by atoms with Crippen LogP contribution in [0.3, 0.4) is 0 Å². The second-order valence-electron chi connectivity index (χ2n) is 7.49. The molecule has 0 atom stereocenters. The molecule has 0 spiro atoms. The van der Waals surface area contributed by atoms with Gasteiger partial charge in [-0.15, -0.1) is 0 Å². The molecule has 0 saturated carbocycles. The molecule has 0 saturated heterocycles. The summed E-state index contributed by atoms with van der Waals surface area (Å²) in [5.41, 5.74) is 3.57. The van der Waals surface area contributed by atoms with E-state index in [1.165, 1.54) is 23.8 Å². The maximum Gasteiger partial charge on any atom is 0.173 e. The van der Waals surface area contributed by atoms with E-state index in [0.29, 0.717) is 5.82 Å². The molecule has 2 rings (SSSR count). The number of hydrogen-bond donors (Lipinski definition) is 0. The van der Waals surface area contributed by atoms with Gasteiger partial charge in [0.1, 0.15) is 12.7 Å². The zero-order valence-electron chi connectivity index (χ0n) is 14.6. The van der Waals surface area contributed by atoms with Gasteiger partial charge in [0.15, 0.2) is 5.82 Å². The Hall–Kier alpha value is -1.61. The van der Waals surface area contributed by atoms with Crippen LogP contribution in [-0.4, -0.2) is 21.2 Å². The van der Waals surface area contributed by atoms with Gasteiger partial charge in [0.05, 0.1) is 11.9 Å². The molecular weight excluding hydrogens is 331 g/mol. The smallest absolute Gasteiger partial charge is 0.173 e. The first-order chi connectivity index (χ1) is 10.2. The quantitative estimate of drug-likeness (QED) is 0.599. The van der Waals surface area contributed by atoms with Crippen molar-refractivity contribution >= 4 is 11.9 Å². The average molecular weight is 355 g/mol. The fraction of sp³-hybridized carbons (Fsp3) is 0.444. The number of aliphatic imine (C=N–C) groups is 1. The van der Waals surface area contributed by atoms with Crippen LogP contribution in [0.25, 0.3) is 0 Å². The van der Waals surface area contributed by atoms with E-state index in [4.69, 9.17) is 0 Å². The Morgan fingerprint density at radius 1 is 0.913 bits per heavy atom. The first-order valence-electron chi connectivity index (χ1n) is 7.49. The van der Waals surface area contributed by atoms with Crippen molar-refractivity contribution < 1.29 is 16.5 Å². The van der Waals surface area contributed by atoms with E-state index in [9.17, 15) is 0 Å². The predicted molar refractivity (Wildman–Crippen MR) is 90.9 cm³/mol. The van der Waals surface area contributed by atoms with E-state index in [1.54, 1.807) is 6.21 Å². The molecule has 0 unspecified atom stereocenters. The summed E-state index contributed by atoms with van der Waals surface area (Å²) in [6.45, 7) is 13.2. The minimum atomic E-state index is 0. The monoisotopic (exact) mass is 354 g/mol. The Balaban J connectivity index is 0.00000264. The summed E-state index contributed by atoms with van der Waals surface area (Å²) >= 11 is 0. The molecule has 1 heterocycles. The third kappa shape index (κ3) is 5.21. The van der Waals surface area contributed by atoms with Crippen LogP contribution in [0.15, 0.2) is 35.8 Å². The van der Waals surface area contributed by atoms with Gasteiger partial charge in [0.2, 0.25) is 0 Å². The first-order valence-corrected chi connectivity index (χ1v) is 7.49. The first kappa shape index (κ1) is 19.4. The third-order valence-electron chi connectivity index (χ3n) is 3.50. The predicted octanol–water partition coefficient (Wildman–Crippen LogP) is 4.21. The van der Waals surface area contributed by atoms with Gasteiger partial charge in [-0.3, -0.25) is 4.99 Å². The van der Waals surface area contributed by atoms with E-state index >= 15 is 0 Å². The standard InChI is InChI=1S/C18H24N4.Ni/c1-17(2,3)13-7-8-14(18(4,5)6)15(9-13)20-10-16-21-11-19-12-22-16;/h7-12H,1-6H3;. The molecule has 0 aliphatic heterocycles. The molecule has 1 aromatic carbocycles. The Kier molecular flexibility index (Phi) is 6.18. The van der Waals surface area contributed by atoms with Crippen LogP contribution in [0.1, 0.15) is 58.5 Å². The molecule has 23 heavy (non-hydrogen) atoms. The molecule has 0 radical (unpaired) electrons. The maximum atomic E-state index is 4.64. The second kappa shape index (κ2) is 7.31. The summed E-state index contributed by atoms with van der Waals surface area (Å²) in [4.78, 5) is 16.6. The molecule has 4 nitrogen and oxygen atoms in total. The SMILES string of the molecule is CC(C)(C)c1ccc(C(C)(C)C)c(N=Cc2ncncn2)c1.[Ni]. The van der Waals surface area contributed by atoms with Gasteiger partial charge in [0, 0.05) is 16.5 Å². The van der Waals surface area contributed by atoms with E-state index in [1.807, 2.05) is 0 Å². The van der Waals surface area contributed by atoms with Crippen LogP contribution in [0.5, 0.6) is 0 Å². The van der Waals surface area contributed by atoms with Crippen molar-refractivity contribution in [1.82, 2.24) is 15.0 Å². The van der Waals surface area contributed by atoms with Gasteiger partial charge >= 0.3 is 0 Å². The maximum absolute atomic E-state index is 4.64. The minimum Gasteiger partial charge on any atom is -0.253 e. The Bertz CT molecular complexity index is 668. The summed E-state index contributed by atoms with van der Waals surface area (Å²) in [6, 6.07) is 6.54. The van der Waals surface area contributed by atoms with Crippen LogP contribution in [0.4, 0.5) is 5.69 Å². The topological polar surface area (TPSA) is 51.0 Å². The normalized spacial score (nSPS) is 12.3. The van der Waals surface area contributed by atoms with Crippen molar-refractivity contribution in [2.45, 2.75) is 52.4 Å². The zero-order chi connectivity index (χ0) is 16.4. The minimum absolute atomic E-state index is 0. The van der Waals surface area contributed by atoms with Gasteiger partial charge < -0.3 is 0 Å². The Morgan fingerprint density at radius 2 is 1.52 bits per heavy atom. The van der Waals surface area contributed by atoms with Crippen molar-refractivity contribution in [2.24, 2.45) is 4.99 Å². The Labute approximate surface area is 148 Å². The molecule has 0 amide bonds. The van der Waals surface area contributed by atoms with Crippen LogP contribution in [-0.2, 0) is 27.3 Å². The fourth-order valence-electron chi connectivity index (χ4n) is 2.18. The van der Waals surface area contributed by atoms with Crippen molar-refractivity contribution in [3.63, 3.8) is 0 Å². The number of aromatic nitrogens is 3. The molecule has 0 N–H and O–H groups in total. The van der Waals surface area contributed by atoms with Crippen LogP contribution in [0.2, 0.25) is 0 Å². The zero-order valence-corrected chi connectivity index (χ0v) is 15.6. The van der Waals surface area contributed by atoms with Gasteiger partial charge in [-0.2, -0.15) is 0 Å². The van der Waals surface area contributed by atoms with E-state index in [0.717, 1.165) is 5.69 Å². The summed E-state index contributed by atoms with van der Waals surface area (Å²) in [6.07, 6.45) is 4.65. The number of rotatable bonds is 2. The van der Waals surface area contributed by atoms with Crippen molar-refractivity contribution in [3.05, 3.63) is 47.8 Å². The molecule has 0 fully saturated rings. The summed E-state index contributed by atoms with van der Waals surface area (Å²) in [5.74, 6) is 0.566.